The normalized spacial score (nSPS) is 20.9. The van der Waals surface area contributed by atoms with Crippen molar-refractivity contribution in [2.45, 2.75) is 56.9 Å². The highest BCUT2D eigenvalue weighted by molar-refractivity contribution is 5.93. The number of likely N-dealkylation sites (tertiary alicyclic amines) is 2. The van der Waals surface area contributed by atoms with E-state index in [0.29, 0.717) is 24.3 Å². The van der Waals surface area contributed by atoms with E-state index in [4.69, 9.17) is 0 Å². The Kier molecular flexibility index (Phi) is 7.61. The van der Waals surface area contributed by atoms with Crippen molar-refractivity contribution < 1.29 is 31.1 Å². The molecule has 0 radical (unpaired) electrons. The van der Waals surface area contributed by atoms with Crippen molar-refractivity contribution in [3.8, 4) is 0 Å². The topological polar surface area (TPSA) is 86.3 Å². The Morgan fingerprint density at radius 3 is 2.18 bits per heavy atom. The van der Waals surface area contributed by atoms with Crippen LogP contribution in [0.5, 0.6) is 0 Å². The molecule has 0 atom stereocenters. The average Bonchev–Trinajstić information content (AvgIpc) is 3.65. The molecule has 0 bridgehead atoms. The summed E-state index contributed by atoms with van der Waals surface area (Å²) >= 11 is 0. The summed E-state index contributed by atoms with van der Waals surface area (Å²) in [5.41, 5.74) is -1.67. The number of anilines is 1. The monoisotopic (exact) mass is 559 g/mol. The molecular formula is C25H31F6N7O. The van der Waals surface area contributed by atoms with Crippen molar-refractivity contribution >= 4 is 22.8 Å². The molecule has 0 aromatic carbocycles. The molecule has 2 N–H and O–H groups in total. The minimum atomic E-state index is -4.93. The second-order valence-corrected chi connectivity index (χ2v) is 10.9. The molecule has 1 spiro atoms. The summed E-state index contributed by atoms with van der Waals surface area (Å²) in [5.74, 6) is -1.77. The first-order chi connectivity index (χ1) is 18.4. The van der Waals surface area contributed by atoms with Crippen LogP contribution >= 0.6 is 0 Å². The SMILES string of the molecule is O=C(NC1CCN(CCN2CCC3(CC2)CC3)CC1)c1ncc2nc(NCC(F)(F)F)cc(C(F)(F)F)c2n1. The minimum absolute atomic E-state index is 0.160. The van der Waals surface area contributed by atoms with Gasteiger partial charge in [0, 0.05) is 32.2 Å². The number of hydrogen-bond donors (Lipinski definition) is 2. The van der Waals surface area contributed by atoms with Crippen molar-refractivity contribution in [3.05, 3.63) is 23.7 Å². The van der Waals surface area contributed by atoms with Crippen molar-refractivity contribution in [1.29, 1.82) is 0 Å². The van der Waals surface area contributed by atoms with E-state index in [1.807, 2.05) is 5.32 Å². The van der Waals surface area contributed by atoms with Gasteiger partial charge in [-0.25, -0.2) is 15.0 Å². The van der Waals surface area contributed by atoms with Crippen LogP contribution in [0.4, 0.5) is 32.2 Å². The number of hydrogen-bond acceptors (Lipinski definition) is 7. The quantitative estimate of drug-likeness (QED) is 0.495. The number of nitrogens with one attached hydrogen (secondary N) is 2. The molecule has 3 fully saturated rings. The highest BCUT2D eigenvalue weighted by Crippen LogP contribution is 2.53. The molecule has 5 rings (SSSR count). The summed E-state index contributed by atoms with van der Waals surface area (Å²) in [6.45, 7) is 4.37. The maximum absolute atomic E-state index is 13.7. The lowest BCUT2D eigenvalue weighted by Gasteiger charge is -2.36. The Labute approximate surface area is 221 Å². The van der Waals surface area contributed by atoms with E-state index in [0.717, 1.165) is 45.5 Å². The third-order valence-electron chi connectivity index (χ3n) is 8.05. The lowest BCUT2D eigenvalue weighted by atomic mass is 9.94. The second kappa shape index (κ2) is 10.7. The van der Waals surface area contributed by atoms with Gasteiger partial charge < -0.3 is 20.4 Å². The minimum Gasteiger partial charge on any atom is -0.361 e. The Balaban J connectivity index is 1.16. The van der Waals surface area contributed by atoms with Crippen LogP contribution in [0.2, 0.25) is 0 Å². The van der Waals surface area contributed by atoms with Gasteiger partial charge in [-0.05, 0) is 63.1 Å². The van der Waals surface area contributed by atoms with Crippen molar-refractivity contribution in [2.24, 2.45) is 5.41 Å². The Hall–Kier alpha value is -2.74. The van der Waals surface area contributed by atoms with Gasteiger partial charge in [0.1, 0.15) is 23.4 Å². The van der Waals surface area contributed by atoms with Gasteiger partial charge >= 0.3 is 12.4 Å². The zero-order valence-electron chi connectivity index (χ0n) is 21.3. The van der Waals surface area contributed by atoms with Gasteiger partial charge in [0.25, 0.3) is 5.91 Å². The number of nitrogens with zero attached hydrogens (tertiary/aromatic N) is 5. The maximum atomic E-state index is 13.7. The van der Waals surface area contributed by atoms with Gasteiger partial charge in [-0.15, -0.1) is 0 Å². The molecule has 214 valence electrons. The third-order valence-corrected chi connectivity index (χ3v) is 8.05. The molecule has 4 heterocycles. The molecule has 1 aliphatic carbocycles. The zero-order chi connectivity index (χ0) is 27.8. The van der Waals surface area contributed by atoms with E-state index in [1.54, 1.807) is 0 Å². The summed E-state index contributed by atoms with van der Waals surface area (Å²) in [5, 5.41) is 4.65. The van der Waals surface area contributed by atoms with Gasteiger partial charge in [-0.2, -0.15) is 26.3 Å². The highest BCUT2D eigenvalue weighted by atomic mass is 19.4. The number of carbonyl (C=O) groups excluding carboxylic acids is 1. The molecule has 2 aromatic rings. The number of amides is 1. The highest BCUT2D eigenvalue weighted by Gasteiger charge is 2.44. The molecule has 2 aromatic heterocycles. The summed E-state index contributed by atoms with van der Waals surface area (Å²) in [6.07, 6.45) is -1.89. The average molecular weight is 560 g/mol. The van der Waals surface area contributed by atoms with Crippen LogP contribution in [-0.4, -0.2) is 88.7 Å². The summed E-state index contributed by atoms with van der Waals surface area (Å²) in [7, 11) is 0. The van der Waals surface area contributed by atoms with Gasteiger partial charge in [0.15, 0.2) is 0 Å². The first-order valence-corrected chi connectivity index (χ1v) is 13.2. The maximum Gasteiger partial charge on any atom is 0.418 e. The van der Waals surface area contributed by atoms with Crippen LogP contribution in [0.15, 0.2) is 12.3 Å². The molecule has 1 saturated carbocycles. The molecule has 2 saturated heterocycles. The Morgan fingerprint density at radius 2 is 1.59 bits per heavy atom. The molecule has 3 aliphatic rings. The van der Waals surface area contributed by atoms with Crippen LogP contribution in [0, 0.1) is 5.41 Å². The molecule has 1 amide bonds. The molecular weight excluding hydrogens is 528 g/mol. The van der Waals surface area contributed by atoms with Crippen LogP contribution in [-0.2, 0) is 6.18 Å². The summed E-state index contributed by atoms with van der Waals surface area (Å²) in [4.78, 5) is 29.1. The summed E-state index contributed by atoms with van der Waals surface area (Å²) in [6, 6.07) is 0.290. The first-order valence-electron chi connectivity index (χ1n) is 13.2. The molecule has 0 unspecified atom stereocenters. The van der Waals surface area contributed by atoms with Crippen LogP contribution in [0.3, 0.4) is 0 Å². The van der Waals surface area contributed by atoms with E-state index in [1.165, 1.54) is 25.7 Å². The van der Waals surface area contributed by atoms with E-state index in [2.05, 4.69) is 30.1 Å². The molecule has 8 nitrogen and oxygen atoms in total. The standard InChI is InChI=1S/C25H31F6N7O/c26-24(27,28)15-33-19-13-17(25(29,30)31)20-18(35-19)14-32-21(36-20)22(39)34-16-1-7-37(8-2-16)11-12-38-9-5-23(3-4-23)6-10-38/h13-14,16H,1-12,15H2,(H,33,35)(H,34,39). The van der Waals surface area contributed by atoms with E-state index >= 15 is 0 Å². The number of pyridine rings is 1. The van der Waals surface area contributed by atoms with Gasteiger partial charge in [0.2, 0.25) is 5.82 Å². The van der Waals surface area contributed by atoms with Crippen molar-refractivity contribution in [1.82, 2.24) is 30.1 Å². The fourth-order valence-corrected chi connectivity index (χ4v) is 5.39. The largest absolute Gasteiger partial charge is 0.418 e. The third kappa shape index (κ3) is 7.07. The number of rotatable bonds is 7. The first kappa shape index (κ1) is 27.8. The van der Waals surface area contributed by atoms with E-state index in [9.17, 15) is 31.1 Å². The van der Waals surface area contributed by atoms with E-state index < -0.39 is 47.5 Å². The predicted molar refractivity (Wildman–Crippen MR) is 131 cm³/mol. The number of halogens is 6. The fraction of sp³-hybridized carbons (Fsp3) is 0.680. The summed E-state index contributed by atoms with van der Waals surface area (Å²) < 4.78 is 78.6. The zero-order valence-corrected chi connectivity index (χ0v) is 21.3. The smallest absolute Gasteiger partial charge is 0.361 e. The van der Waals surface area contributed by atoms with Crippen LogP contribution in [0.1, 0.15) is 54.7 Å². The Bertz CT molecular complexity index is 1180. The number of alkyl halides is 6. The molecule has 2 aliphatic heterocycles. The van der Waals surface area contributed by atoms with Crippen molar-refractivity contribution in [2.75, 3.05) is 51.1 Å². The molecule has 39 heavy (non-hydrogen) atoms. The lowest BCUT2D eigenvalue weighted by Crippen LogP contribution is -2.47. The second-order valence-electron chi connectivity index (χ2n) is 10.9. The van der Waals surface area contributed by atoms with Gasteiger partial charge in [0.05, 0.1) is 11.8 Å². The van der Waals surface area contributed by atoms with Crippen LogP contribution in [0.25, 0.3) is 11.0 Å². The number of fused-ring (bicyclic) bond motifs is 1. The van der Waals surface area contributed by atoms with Crippen LogP contribution < -0.4 is 10.6 Å². The van der Waals surface area contributed by atoms with Gasteiger partial charge in [-0.1, -0.05) is 0 Å². The predicted octanol–water partition coefficient (Wildman–Crippen LogP) is 4.09. The number of aromatic nitrogens is 3. The van der Waals surface area contributed by atoms with Gasteiger partial charge in [-0.3, -0.25) is 4.79 Å². The Morgan fingerprint density at radius 1 is 0.949 bits per heavy atom. The van der Waals surface area contributed by atoms with E-state index in [-0.39, 0.29) is 11.6 Å². The van der Waals surface area contributed by atoms with Crippen molar-refractivity contribution in [3.63, 3.8) is 0 Å². The number of carbonyl (C=O) groups is 1. The molecule has 14 heteroatoms. The lowest BCUT2D eigenvalue weighted by molar-refractivity contribution is -0.136. The fourth-order valence-electron chi connectivity index (χ4n) is 5.39. The number of piperidine rings is 2.